The zero-order valence-electron chi connectivity index (χ0n) is 12.1. The Kier molecular flexibility index (Phi) is 3.74. The highest BCUT2D eigenvalue weighted by molar-refractivity contribution is 6.06. The van der Waals surface area contributed by atoms with Gasteiger partial charge < -0.3 is 15.3 Å². The molecule has 2 heterocycles. The zero-order chi connectivity index (χ0) is 15.5. The van der Waals surface area contributed by atoms with E-state index < -0.39 is 0 Å². The second-order valence-corrected chi connectivity index (χ2v) is 5.18. The van der Waals surface area contributed by atoms with Crippen molar-refractivity contribution in [3.05, 3.63) is 64.0 Å². The molecular weight excluding hydrogens is 280 g/mol. The minimum absolute atomic E-state index is 0.249. The molecule has 0 atom stereocenters. The molecule has 0 bridgehead atoms. The molecule has 3 aromatic rings. The summed E-state index contributed by atoms with van der Waals surface area (Å²) in [5, 5.41) is 3.59. The number of pyridine rings is 1. The van der Waals surface area contributed by atoms with Crippen LogP contribution in [0.4, 0.5) is 0 Å². The highest BCUT2D eigenvalue weighted by Crippen LogP contribution is 2.16. The van der Waals surface area contributed by atoms with Gasteiger partial charge in [0.15, 0.2) is 0 Å². The lowest BCUT2D eigenvalue weighted by Crippen LogP contribution is -2.27. The number of hydrogen-bond acceptors (Lipinski definition) is 3. The molecule has 3 rings (SSSR count). The number of nitrogens with zero attached hydrogens (tertiary/aromatic N) is 1. The summed E-state index contributed by atoms with van der Waals surface area (Å²) in [6.07, 6.45) is 3.98. The number of nitrogens with one attached hydrogen (secondary N) is 3. The van der Waals surface area contributed by atoms with Crippen LogP contribution in [0.2, 0.25) is 0 Å². The molecule has 6 heteroatoms. The van der Waals surface area contributed by atoms with Crippen LogP contribution in [0.15, 0.2) is 41.6 Å². The average Bonchev–Trinajstić information content (AvgIpc) is 3.00. The number of benzene rings is 1. The maximum absolute atomic E-state index is 12.4. The van der Waals surface area contributed by atoms with E-state index in [2.05, 4.69) is 20.3 Å². The minimum atomic E-state index is -0.282. The van der Waals surface area contributed by atoms with Gasteiger partial charge in [-0.2, -0.15) is 0 Å². The van der Waals surface area contributed by atoms with Crippen molar-refractivity contribution in [2.45, 2.75) is 13.3 Å². The summed E-state index contributed by atoms with van der Waals surface area (Å²) < 4.78 is 0. The van der Waals surface area contributed by atoms with E-state index in [-0.39, 0.29) is 11.5 Å². The van der Waals surface area contributed by atoms with Crippen LogP contribution in [-0.4, -0.2) is 27.4 Å². The number of carbonyl (C=O) groups is 1. The van der Waals surface area contributed by atoms with Crippen LogP contribution in [0, 0.1) is 6.92 Å². The largest absolute Gasteiger partial charge is 0.352 e. The SMILES string of the molecule is Cc1ccc2[nH]c(=O)cc(C(=O)NCCc3cnc[nH]3)c2c1. The van der Waals surface area contributed by atoms with Crippen molar-refractivity contribution in [2.24, 2.45) is 0 Å². The summed E-state index contributed by atoms with van der Waals surface area (Å²) in [6.45, 7) is 2.42. The number of rotatable bonds is 4. The normalized spacial score (nSPS) is 10.8. The summed E-state index contributed by atoms with van der Waals surface area (Å²) in [5.41, 5.74) is 2.76. The van der Waals surface area contributed by atoms with Crippen LogP contribution < -0.4 is 10.9 Å². The number of aromatic amines is 2. The molecule has 0 aliphatic heterocycles. The van der Waals surface area contributed by atoms with Crippen LogP contribution in [0.3, 0.4) is 0 Å². The van der Waals surface area contributed by atoms with E-state index in [9.17, 15) is 9.59 Å². The van der Waals surface area contributed by atoms with Crippen molar-refractivity contribution >= 4 is 16.8 Å². The van der Waals surface area contributed by atoms with Crippen molar-refractivity contribution in [2.75, 3.05) is 6.54 Å². The maximum Gasteiger partial charge on any atom is 0.252 e. The molecule has 112 valence electrons. The Hall–Kier alpha value is -2.89. The highest BCUT2D eigenvalue weighted by Gasteiger charge is 2.11. The third kappa shape index (κ3) is 2.90. The van der Waals surface area contributed by atoms with E-state index in [1.54, 1.807) is 12.5 Å². The fourth-order valence-corrected chi connectivity index (χ4v) is 2.38. The predicted octanol–water partition coefficient (Wildman–Crippen LogP) is 1.53. The topological polar surface area (TPSA) is 90.6 Å². The molecule has 1 amide bonds. The Morgan fingerprint density at radius 3 is 2.95 bits per heavy atom. The molecule has 3 N–H and O–H groups in total. The van der Waals surface area contributed by atoms with Gasteiger partial charge in [-0.1, -0.05) is 11.6 Å². The molecule has 0 unspecified atom stereocenters. The van der Waals surface area contributed by atoms with Crippen molar-refractivity contribution in [3.63, 3.8) is 0 Å². The molecule has 0 spiro atoms. The quantitative estimate of drug-likeness (QED) is 0.682. The molecule has 0 saturated carbocycles. The van der Waals surface area contributed by atoms with E-state index in [4.69, 9.17) is 0 Å². The fraction of sp³-hybridized carbons (Fsp3) is 0.188. The number of amides is 1. The minimum Gasteiger partial charge on any atom is -0.352 e. The van der Waals surface area contributed by atoms with Crippen LogP contribution >= 0.6 is 0 Å². The molecule has 0 aliphatic carbocycles. The maximum atomic E-state index is 12.4. The summed E-state index contributed by atoms with van der Waals surface area (Å²) >= 11 is 0. The summed E-state index contributed by atoms with van der Waals surface area (Å²) in [7, 11) is 0. The van der Waals surface area contributed by atoms with Gasteiger partial charge in [0.25, 0.3) is 5.91 Å². The van der Waals surface area contributed by atoms with E-state index in [0.717, 1.165) is 16.6 Å². The van der Waals surface area contributed by atoms with Gasteiger partial charge in [-0.15, -0.1) is 0 Å². The first-order valence-corrected chi connectivity index (χ1v) is 7.02. The molecule has 6 nitrogen and oxygen atoms in total. The molecule has 0 fully saturated rings. The van der Waals surface area contributed by atoms with Crippen LogP contribution in [0.25, 0.3) is 10.9 Å². The van der Waals surface area contributed by atoms with E-state index in [1.165, 1.54) is 6.07 Å². The number of fused-ring (bicyclic) bond motifs is 1. The van der Waals surface area contributed by atoms with Crippen LogP contribution in [-0.2, 0) is 6.42 Å². The zero-order valence-corrected chi connectivity index (χ0v) is 12.1. The summed E-state index contributed by atoms with van der Waals surface area (Å²) in [5.74, 6) is -0.249. The Labute approximate surface area is 126 Å². The molecule has 0 radical (unpaired) electrons. The first-order chi connectivity index (χ1) is 10.6. The van der Waals surface area contributed by atoms with Crippen molar-refractivity contribution in [3.8, 4) is 0 Å². The van der Waals surface area contributed by atoms with Gasteiger partial charge in [0.05, 0.1) is 11.9 Å². The lowest BCUT2D eigenvalue weighted by Gasteiger charge is -2.08. The average molecular weight is 296 g/mol. The number of aryl methyl sites for hydroxylation is 1. The highest BCUT2D eigenvalue weighted by atomic mass is 16.2. The molecule has 0 saturated heterocycles. The predicted molar refractivity (Wildman–Crippen MR) is 83.9 cm³/mol. The molecule has 22 heavy (non-hydrogen) atoms. The first-order valence-electron chi connectivity index (χ1n) is 7.02. The third-order valence-electron chi connectivity index (χ3n) is 3.48. The van der Waals surface area contributed by atoms with Crippen LogP contribution in [0.5, 0.6) is 0 Å². The van der Waals surface area contributed by atoms with E-state index in [1.807, 2.05) is 25.1 Å². The Morgan fingerprint density at radius 1 is 1.32 bits per heavy atom. The van der Waals surface area contributed by atoms with Gasteiger partial charge in [0.2, 0.25) is 5.56 Å². The van der Waals surface area contributed by atoms with E-state index in [0.29, 0.717) is 24.0 Å². The lowest BCUT2D eigenvalue weighted by atomic mass is 10.1. The van der Waals surface area contributed by atoms with Gasteiger partial charge >= 0.3 is 0 Å². The Balaban J connectivity index is 1.83. The Morgan fingerprint density at radius 2 is 2.18 bits per heavy atom. The number of hydrogen-bond donors (Lipinski definition) is 3. The lowest BCUT2D eigenvalue weighted by molar-refractivity contribution is 0.0955. The van der Waals surface area contributed by atoms with Crippen molar-refractivity contribution in [1.82, 2.24) is 20.3 Å². The van der Waals surface area contributed by atoms with Gasteiger partial charge in [-0.05, 0) is 19.1 Å². The fourth-order valence-electron chi connectivity index (χ4n) is 2.38. The van der Waals surface area contributed by atoms with Gasteiger partial charge in [-0.25, -0.2) is 4.98 Å². The molecule has 1 aromatic carbocycles. The van der Waals surface area contributed by atoms with Gasteiger partial charge in [0.1, 0.15) is 0 Å². The second-order valence-electron chi connectivity index (χ2n) is 5.18. The van der Waals surface area contributed by atoms with Crippen molar-refractivity contribution in [1.29, 1.82) is 0 Å². The summed E-state index contributed by atoms with van der Waals surface area (Å²) in [4.78, 5) is 33.7. The first kappa shape index (κ1) is 14.1. The standard InChI is InChI=1S/C16H16N4O2/c1-10-2-3-14-12(6-10)13(7-15(21)20-14)16(22)18-5-4-11-8-17-9-19-11/h2-3,6-9H,4-5H2,1H3,(H,17,19)(H,18,22)(H,20,21). The number of carbonyl (C=O) groups excluding carboxylic acids is 1. The number of aromatic nitrogens is 3. The smallest absolute Gasteiger partial charge is 0.252 e. The van der Waals surface area contributed by atoms with Crippen LogP contribution in [0.1, 0.15) is 21.6 Å². The molecule has 0 aliphatic rings. The Bertz CT molecular complexity index is 865. The van der Waals surface area contributed by atoms with Gasteiger partial charge in [0, 0.05) is 41.8 Å². The number of imidazole rings is 1. The van der Waals surface area contributed by atoms with E-state index >= 15 is 0 Å². The molecule has 2 aromatic heterocycles. The van der Waals surface area contributed by atoms with Crippen molar-refractivity contribution < 1.29 is 4.79 Å². The monoisotopic (exact) mass is 296 g/mol. The number of H-pyrrole nitrogens is 2. The summed E-state index contributed by atoms with van der Waals surface area (Å²) in [6, 6.07) is 6.95. The molecular formula is C16H16N4O2. The van der Waals surface area contributed by atoms with Gasteiger partial charge in [-0.3, -0.25) is 9.59 Å². The third-order valence-corrected chi connectivity index (χ3v) is 3.48. The second kappa shape index (κ2) is 5.85.